The lowest BCUT2D eigenvalue weighted by atomic mass is 9.87. The molecule has 0 aliphatic carbocycles. The SMILES string of the molecule is CC(C)(C)c1ccc(Nc2cccc3c2[Si](C)(C)c2ccccc2-3)cc1. The molecule has 3 aromatic carbocycles. The molecule has 26 heavy (non-hydrogen) atoms. The molecule has 0 bridgehead atoms. The number of fused-ring (bicyclic) bond motifs is 3. The molecule has 0 atom stereocenters. The summed E-state index contributed by atoms with van der Waals surface area (Å²) in [5, 5.41) is 6.79. The molecule has 0 amide bonds. The average molecular weight is 358 g/mol. The van der Waals surface area contributed by atoms with Crippen LogP contribution in [0.25, 0.3) is 11.1 Å². The van der Waals surface area contributed by atoms with Crippen LogP contribution in [0.3, 0.4) is 0 Å². The first kappa shape index (κ1) is 17.1. The van der Waals surface area contributed by atoms with E-state index in [1.807, 2.05) is 0 Å². The summed E-state index contributed by atoms with van der Waals surface area (Å²) in [5.74, 6) is 0. The summed E-state index contributed by atoms with van der Waals surface area (Å²) >= 11 is 0. The Labute approximate surface area is 158 Å². The molecule has 0 aromatic heterocycles. The predicted octanol–water partition coefficient (Wildman–Crippen LogP) is 5.53. The molecule has 4 rings (SSSR count). The first-order valence-corrected chi connectivity index (χ1v) is 12.4. The van der Waals surface area contributed by atoms with Gasteiger partial charge in [0, 0.05) is 11.4 Å². The maximum absolute atomic E-state index is 3.71. The molecule has 0 unspecified atom stereocenters. The topological polar surface area (TPSA) is 12.0 Å². The van der Waals surface area contributed by atoms with Gasteiger partial charge < -0.3 is 5.32 Å². The molecule has 0 fully saturated rings. The van der Waals surface area contributed by atoms with Gasteiger partial charge in [-0.1, -0.05) is 82.4 Å². The van der Waals surface area contributed by atoms with Gasteiger partial charge in [-0.25, -0.2) is 0 Å². The van der Waals surface area contributed by atoms with Crippen LogP contribution in [0.15, 0.2) is 66.7 Å². The van der Waals surface area contributed by atoms with Gasteiger partial charge in [0.25, 0.3) is 0 Å². The van der Waals surface area contributed by atoms with Crippen LogP contribution >= 0.6 is 0 Å². The molecular formula is C24H27NSi. The van der Waals surface area contributed by atoms with E-state index in [9.17, 15) is 0 Å². The third kappa shape index (κ3) is 2.69. The highest BCUT2D eigenvalue weighted by Gasteiger charge is 2.39. The molecule has 1 aliphatic heterocycles. The van der Waals surface area contributed by atoms with Crippen LogP contribution in [0.4, 0.5) is 11.4 Å². The third-order valence-corrected chi connectivity index (χ3v) is 9.18. The van der Waals surface area contributed by atoms with Crippen molar-refractivity contribution in [2.75, 3.05) is 5.32 Å². The van der Waals surface area contributed by atoms with Gasteiger partial charge in [0.05, 0.1) is 0 Å². The Bertz CT molecular complexity index is 962. The molecule has 1 nitrogen and oxygen atoms in total. The van der Waals surface area contributed by atoms with Crippen LogP contribution in [-0.4, -0.2) is 8.07 Å². The van der Waals surface area contributed by atoms with Crippen LogP contribution in [0.5, 0.6) is 0 Å². The fourth-order valence-corrected chi connectivity index (χ4v) is 7.55. The fourth-order valence-electron chi connectivity index (χ4n) is 4.16. The predicted molar refractivity (Wildman–Crippen MR) is 117 cm³/mol. The van der Waals surface area contributed by atoms with Gasteiger partial charge in [0.1, 0.15) is 8.07 Å². The van der Waals surface area contributed by atoms with E-state index >= 15 is 0 Å². The highest BCUT2D eigenvalue weighted by molar-refractivity contribution is 7.04. The third-order valence-electron chi connectivity index (χ3n) is 5.61. The summed E-state index contributed by atoms with van der Waals surface area (Å²) in [7, 11) is -1.68. The largest absolute Gasteiger partial charge is 0.356 e. The van der Waals surface area contributed by atoms with Crippen molar-refractivity contribution in [3.63, 3.8) is 0 Å². The lowest BCUT2D eigenvalue weighted by molar-refractivity contribution is 0.590. The molecule has 0 saturated carbocycles. The van der Waals surface area contributed by atoms with Crippen LogP contribution in [-0.2, 0) is 5.41 Å². The fraction of sp³-hybridized carbons (Fsp3) is 0.250. The molecule has 3 aromatic rings. The van der Waals surface area contributed by atoms with Crippen molar-refractivity contribution in [1.29, 1.82) is 0 Å². The van der Waals surface area contributed by atoms with Crippen LogP contribution in [0.1, 0.15) is 26.3 Å². The summed E-state index contributed by atoms with van der Waals surface area (Å²) in [6.45, 7) is 11.7. The molecule has 0 spiro atoms. The Morgan fingerprint density at radius 3 is 2.08 bits per heavy atom. The Hall–Kier alpha value is -2.32. The van der Waals surface area contributed by atoms with Gasteiger partial charge >= 0.3 is 0 Å². The number of hydrogen-bond acceptors (Lipinski definition) is 1. The van der Waals surface area contributed by atoms with E-state index in [1.54, 1.807) is 5.19 Å². The summed E-state index contributed by atoms with van der Waals surface area (Å²) in [5.41, 5.74) is 6.80. The quantitative estimate of drug-likeness (QED) is 0.595. The molecule has 2 heteroatoms. The van der Waals surface area contributed by atoms with Gasteiger partial charge in [-0.15, -0.1) is 0 Å². The molecule has 1 aliphatic rings. The second-order valence-electron chi connectivity index (χ2n) is 8.85. The van der Waals surface area contributed by atoms with Crippen molar-refractivity contribution in [3.05, 3.63) is 72.3 Å². The summed E-state index contributed by atoms with van der Waals surface area (Å²) in [6.07, 6.45) is 0. The van der Waals surface area contributed by atoms with Crippen molar-refractivity contribution in [3.8, 4) is 11.1 Å². The summed E-state index contributed by atoms with van der Waals surface area (Å²) in [4.78, 5) is 0. The number of nitrogens with one attached hydrogen (secondary N) is 1. The van der Waals surface area contributed by atoms with Gasteiger partial charge in [-0.05, 0) is 50.7 Å². The molecule has 1 N–H and O–H groups in total. The van der Waals surface area contributed by atoms with Crippen molar-refractivity contribution < 1.29 is 0 Å². The summed E-state index contributed by atoms with van der Waals surface area (Å²) < 4.78 is 0. The van der Waals surface area contributed by atoms with E-state index in [4.69, 9.17) is 0 Å². The molecule has 0 radical (unpaired) electrons. The van der Waals surface area contributed by atoms with Crippen LogP contribution < -0.4 is 15.7 Å². The Balaban J connectivity index is 1.75. The highest BCUT2D eigenvalue weighted by Crippen LogP contribution is 2.32. The minimum absolute atomic E-state index is 0.184. The lowest BCUT2D eigenvalue weighted by Crippen LogP contribution is -2.50. The second kappa shape index (κ2) is 5.85. The molecule has 1 heterocycles. The zero-order chi connectivity index (χ0) is 18.5. The van der Waals surface area contributed by atoms with Crippen molar-refractivity contribution >= 4 is 29.8 Å². The minimum atomic E-state index is -1.68. The normalized spacial score (nSPS) is 14.7. The monoisotopic (exact) mass is 357 g/mol. The molecule has 132 valence electrons. The van der Waals surface area contributed by atoms with E-state index in [0.29, 0.717) is 0 Å². The van der Waals surface area contributed by atoms with Crippen molar-refractivity contribution in [2.24, 2.45) is 0 Å². The van der Waals surface area contributed by atoms with Crippen molar-refractivity contribution in [1.82, 2.24) is 0 Å². The Morgan fingerprint density at radius 2 is 1.38 bits per heavy atom. The zero-order valence-corrected chi connectivity index (χ0v) is 17.4. The minimum Gasteiger partial charge on any atom is -0.356 e. The van der Waals surface area contributed by atoms with E-state index in [0.717, 1.165) is 5.69 Å². The number of benzene rings is 3. The average Bonchev–Trinajstić information content (AvgIpc) is 2.84. The van der Waals surface area contributed by atoms with Gasteiger partial charge in [-0.2, -0.15) is 0 Å². The van der Waals surface area contributed by atoms with Gasteiger partial charge in [0.2, 0.25) is 0 Å². The molecular weight excluding hydrogens is 330 g/mol. The number of hydrogen-bond donors (Lipinski definition) is 1. The highest BCUT2D eigenvalue weighted by atomic mass is 28.3. The zero-order valence-electron chi connectivity index (χ0n) is 16.4. The van der Waals surface area contributed by atoms with Gasteiger partial charge in [-0.3, -0.25) is 0 Å². The smallest absolute Gasteiger partial charge is 0.116 e. The van der Waals surface area contributed by atoms with E-state index in [1.165, 1.54) is 27.6 Å². The number of rotatable bonds is 2. The first-order chi connectivity index (χ1) is 12.3. The van der Waals surface area contributed by atoms with E-state index in [2.05, 4.69) is 106 Å². The van der Waals surface area contributed by atoms with Crippen molar-refractivity contribution in [2.45, 2.75) is 39.3 Å². The Morgan fingerprint density at radius 1 is 0.731 bits per heavy atom. The van der Waals surface area contributed by atoms with Gasteiger partial charge in [0.15, 0.2) is 0 Å². The lowest BCUT2D eigenvalue weighted by Gasteiger charge is -2.23. The Kier molecular flexibility index (Phi) is 3.85. The molecule has 0 saturated heterocycles. The van der Waals surface area contributed by atoms with E-state index < -0.39 is 8.07 Å². The number of anilines is 2. The van der Waals surface area contributed by atoms with Crippen LogP contribution in [0, 0.1) is 0 Å². The summed E-state index contributed by atoms with van der Waals surface area (Å²) in [6, 6.07) is 24.5. The van der Waals surface area contributed by atoms with E-state index in [-0.39, 0.29) is 5.41 Å². The standard InChI is InChI=1S/C24H27NSi/c1-24(2,3)17-13-15-18(16-14-17)25-21-11-8-10-20-19-9-6-7-12-22(19)26(4,5)23(20)21/h6-16,25H,1-5H3. The maximum atomic E-state index is 3.71. The first-order valence-electron chi connectivity index (χ1n) is 9.39. The van der Waals surface area contributed by atoms with Crippen LogP contribution in [0.2, 0.25) is 13.1 Å². The second-order valence-corrected chi connectivity index (χ2v) is 13.1. The maximum Gasteiger partial charge on any atom is 0.116 e.